The maximum absolute atomic E-state index is 12.9. The van der Waals surface area contributed by atoms with Crippen molar-refractivity contribution < 1.29 is 14.3 Å². The summed E-state index contributed by atoms with van der Waals surface area (Å²) >= 11 is 0. The van der Waals surface area contributed by atoms with Crippen molar-refractivity contribution in [1.29, 1.82) is 0 Å². The highest BCUT2D eigenvalue weighted by atomic mass is 16.5. The van der Waals surface area contributed by atoms with Gasteiger partial charge in [-0.05, 0) is 31.5 Å². The lowest BCUT2D eigenvalue weighted by molar-refractivity contribution is -0.127. The summed E-state index contributed by atoms with van der Waals surface area (Å²) < 4.78 is 5.82. The number of fused-ring (bicyclic) bond motifs is 1. The number of ether oxygens (including phenoxy) is 1. The van der Waals surface area contributed by atoms with Crippen molar-refractivity contribution in [3.05, 3.63) is 59.2 Å². The van der Waals surface area contributed by atoms with E-state index in [-0.39, 0.29) is 30.2 Å². The topological polar surface area (TPSA) is 58.6 Å². The standard InChI is InChI=1S/C22H24N2O3/c1-14-10-15(2)21-18(11-14)19(8-9-27-21)23-22(26)16-12-20(25)24(13-16)17-6-4-3-5-7-17/h3-7,10-11,16,19H,8-9,12-13H2,1-2H3,(H,23,26). The highest BCUT2D eigenvalue weighted by Crippen LogP contribution is 2.36. The molecule has 1 saturated heterocycles. The van der Waals surface area contributed by atoms with Crippen LogP contribution in [0.25, 0.3) is 0 Å². The number of rotatable bonds is 3. The lowest BCUT2D eigenvalue weighted by Crippen LogP contribution is -2.37. The Morgan fingerprint density at radius 1 is 1.19 bits per heavy atom. The molecule has 2 aromatic rings. The van der Waals surface area contributed by atoms with Crippen molar-refractivity contribution >= 4 is 17.5 Å². The molecular weight excluding hydrogens is 340 g/mol. The largest absolute Gasteiger partial charge is 0.493 e. The van der Waals surface area contributed by atoms with Crippen LogP contribution in [-0.2, 0) is 9.59 Å². The van der Waals surface area contributed by atoms with Crippen LogP contribution >= 0.6 is 0 Å². The fourth-order valence-corrected chi connectivity index (χ4v) is 4.06. The quantitative estimate of drug-likeness (QED) is 0.909. The summed E-state index contributed by atoms with van der Waals surface area (Å²) in [6.45, 7) is 5.09. The Morgan fingerprint density at radius 3 is 2.74 bits per heavy atom. The van der Waals surface area contributed by atoms with Gasteiger partial charge in [0.05, 0.1) is 18.6 Å². The van der Waals surface area contributed by atoms with Gasteiger partial charge in [-0.2, -0.15) is 0 Å². The van der Waals surface area contributed by atoms with Gasteiger partial charge >= 0.3 is 0 Å². The van der Waals surface area contributed by atoms with Gasteiger partial charge in [0, 0.05) is 30.6 Å². The Bertz CT molecular complexity index is 879. The number of amides is 2. The van der Waals surface area contributed by atoms with Crippen LogP contribution in [-0.4, -0.2) is 25.0 Å². The molecule has 0 radical (unpaired) electrons. The summed E-state index contributed by atoms with van der Waals surface area (Å²) in [5, 5.41) is 3.17. The fraction of sp³-hybridized carbons (Fsp3) is 0.364. The van der Waals surface area contributed by atoms with E-state index in [1.54, 1.807) is 4.90 Å². The zero-order chi connectivity index (χ0) is 19.0. The Labute approximate surface area is 159 Å². The van der Waals surface area contributed by atoms with Crippen molar-refractivity contribution in [3.8, 4) is 5.75 Å². The first kappa shape index (κ1) is 17.6. The van der Waals surface area contributed by atoms with E-state index in [1.165, 1.54) is 0 Å². The molecule has 2 aromatic carbocycles. The van der Waals surface area contributed by atoms with Gasteiger partial charge in [-0.3, -0.25) is 9.59 Å². The average molecular weight is 364 g/mol. The minimum Gasteiger partial charge on any atom is -0.493 e. The second kappa shape index (κ2) is 7.06. The lowest BCUT2D eigenvalue weighted by Gasteiger charge is -2.29. The Hall–Kier alpha value is -2.82. The first-order chi connectivity index (χ1) is 13.0. The van der Waals surface area contributed by atoms with Crippen LogP contribution in [0.1, 0.15) is 35.6 Å². The number of hydrogen-bond donors (Lipinski definition) is 1. The van der Waals surface area contributed by atoms with Crippen molar-refractivity contribution in [1.82, 2.24) is 5.32 Å². The van der Waals surface area contributed by atoms with Gasteiger partial charge in [-0.1, -0.05) is 35.9 Å². The van der Waals surface area contributed by atoms with E-state index in [2.05, 4.69) is 17.4 Å². The third-order valence-electron chi connectivity index (χ3n) is 5.36. The number of benzene rings is 2. The second-order valence-electron chi connectivity index (χ2n) is 7.44. The molecule has 1 N–H and O–H groups in total. The van der Waals surface area contributed by atoms with Crippen LogP contribution in [0.3, 0.4) is 0 Å². The molecule has 5 nitrogen and oxygen atoms in total. The third kappa shape index (κ3) is 3.42. The summed E-state index contributed by atoms with van der Waals surface area (Å²) in [6, 6.07) is 13.6. The SMILES string of the molecule is Cc1cc(C)c2c(c1)C(NC(=O)C1CC(=O)N(c3ccccc3)C1)CCO2. The molecule has 0 saturated carbocycles. The van der Waals surface area contributed by atoms with Gasteiger partial charge in [0.25, 0.3) is 0 Å². The van der Waals surface area contributed by atoms with E-state index >= 15 is 0 Å². The molecule has 2 heterocycles. The molecule has 27 heavy (non-hydrogen) atoms. The van der Waals surface area contributed by atoms with Crippen molar-refractivity contribution in [2.75, 3.05) is 18.1 Å². The van der Waals surface area contributed by atoms with E-state index in [9.17, 15) is 9.59 Å². The van der Waals surface area contributed by atoms with E-state index in [0.29, 0.717) is 13.2 Å². The van der Waals surface area contributed by atoms with Crippen LogP contribution < -0.4 is 15.0 Å². The number of anilines is 1. The van der Waals surface area contributed by atoms with Crippen LogP contribution in [0.15, 0.2) is 42.5 Å². The number of aryl methyl sites for hydroxylation is 2. The first-order valence-corrected chi connectivity index (χ1v) is 9.42. The Morgan fingerprint density at radius 2 is 1.96 bits per heavy atom. The van der Waals surface area contributed by atoms with E-state index in [0.717, 1.165) is 34.5 Å². The van der Waals surface area contributed by atoms with Gasteiger partial charge in [0.2, 0.25) is 11.8 Å². The fourth-order valence-electron chi connectivity index (χ4n) is 4.06. The normalized spacial score (nSPS) is 21.6. The molecule has 5 heteroatoms. The molecular formula is C22H24N2O3. The Kier molecular flexibility index (Phi) is 4.60. The van der Waals surface area contributed by atoms with Crippen LogP contribution in [0.5, 0.6) is 5.75 Å². The number of carbonyl (C=O) groups is 2. The minimum absolute atomic E-state index is 0.000386. The number of hydrogen-bond acceptors (Lipinski definition) is 3. The predicted octanol–water partition coefficient (Wildman–Crippen LogP) is 3.30. The molecule has 2 aliphatic rings. The molecule has 140 valence electrons. The highest BCUT2D eigenvalue weighted by molar-refractivity contribution is 6.00. The van der Waals surface area contributed by atoms with Crippen LogP contribution in [0, 0.1) is 19.8 Å². The number of nitrogens with one attached hydrogen (secondary N) is 1. The van der Waals surface area contributed by atoms with Gasteiger partial charge in [-0.15, -0.1) is 0 Å². The number of nitrogens with zero attached hydrogens (tertiary/aromatic N) is 1. The smallest absolute Gasteiger partial charge is 0.227 e. The van der Waals surface area contributed by atoms with E-state index in [1.807, 2.05) is 44.2 Å². The molecule has 0 aliphatic carbocycles. The summed E-state index contributed by atoms with van der Waals surface area (Å²) in [4.78, 5) is 27.0. The van der Waals surface area contributed by atoms with Gasteiger partial charge in [0.15, 0.2) is 0 Å². The zero-order valence-corrected chi connectivity index (χ0v) is 15.7. The summed E-state index contributed by atoms with van der Waals surface area (Å²) in [7, 11) is 0. The molecule has 1 fully saturated rings. The predicted molar refractivity (Wildman–Crippen MR) is 104 cm³/mol. The van der Waals surface area contributed by atoms with E-state index < -0.39 is 0 Å². The number of carbonyl (C=O) groups excluding carboxylic acids is 2. The van der Waals surface area contributed by atoms with Crippen molar-refractivity contribution in [3.63, 3.8) is 0 Å². The molecule has 0 spiro atoms. The van der Waals surface area contributed by atoms with Crippen LogP contribution in [0.2, 0.25) is 0 Å². The van der Waals surface area contributed by atoms with Gasteiger partial charge in [-0.25, -0.2) is 0 Å². The van der Waals surface area contributed by atoms with Gasteiger partial charge in [0.1, 0.15) is 5.75 Å². The second-order valence-corrected chi connectivity index (χ2v) is 7.44. The van der Waals surface area contributed by atoms with Crippen LogP contribution in [0.4, 0.5) is 5.69 Å². The molecule has 2 amide bonds. The minimum atomic E-state index is -0.324. The maximum Gasteiger partial charge on any atom is 0.227 e. The number of para-hydroxylation sites is 1. The van der Waals surface area contributed by atoms with Crippen molar-refractivity contribution in [2.45, 2.75) is 32.7 Å². The highest BCUT2D eigenvalue weighted by Gasteiger charge is 2.36. The monoisotopic (exact) mass is 364 g/mol. The molecule has 2 unspecified atom stereocenters. The Balaban J connectivity index is 1.49. The lowest BCUT2D eigenvalue weighted by atomic mass is 9.95. The first-order valence-electron chi connectivity index (χ1n) is 9.42. The molecule has 0 aromatic heterocycles. The summed E-state index contributed by atoms with van der Waals surface area (Å²) in [5.74, 6) is 0.500. The average Bonchev–Trinajstić information content (AvgIpc) is 3.05. The van der Waals surface area contributed by atoms with E-state index in [4.69, 9.17) is 4.74 Å². The summed E-state index contributed by atoms with van der Waals surface area (Å²) in [5.41, 5.74) is 4.13. The van der Waals surface area contributed by atoms with Gasteiger partial charge < -0.3 is 15.0 Å². The molecule has 2 aliphatic heterocycles. The maximum atomic E-state index is 12.9. The molecule has 2 atom stereocenters. The van der Waals surface area contributed by atoms with Crippen molar-refractivity contribution in [2.24, 2.45) is 5.92 Å². The molecule has 4 rings (SSSR count). The summed E-state index contributed by atoms with van der Waals surface area (Å²) in [6.07, 6.45) is 0.994. The zero-order valence-electron chi connectivity index (χ0n) is 15.7. The third-order valence-corrected chi connectivity index (χ3v) is 5.36. The molecule has 0 bridgehead atoms.